The third-order valence-corrected chi connectivity index (χ3v) is 2.90. The Morgan fingerprint density at radius 3 is 3.06 bits per heavy atom. The van der Waals surface area contributed by atoms with E-state index in [9.17, 15) is 0 Å². The summed E-state index contributed by atoms with van der Waals surface area (Å²) in [6.07, 6.45) is 5.12. The molecule has 0 aromatic carbocycles. The Hall–Kier alpha value is -1.91. The number of nitrogen functional groups attached to an aromatic ring is 1. The van der Waals surface area contributed by atoms with Crippen molar-refractivity contribution in [3.8, 4) is 11.4 Å². The predicted octanol–water partition coefficient (Wildman–Crippen LogP) is 1.26. The largest absolute Gasteiger partial charge is 0.384 e. The number of hydrogen-bond donors (Lipinski definition) is 1. The molecule has 0 unspecified atom stereocenters. The van der Waals surface area contributed by atoms with Crippen LogP contribution in [0.3, 0.4) is 0 Å². The minimum Gasteiger partial charge on any atom is -0.384 e. The molecule has 2 aromatic heterocycles. The van der Waals surface area contributed by atoms with Crippen LogP contribution in [-0.4, -0.2) is 19.7 Å². The molecule has 3 heterocycles. The third kappa shape index (κ3) is 1.44. The lowest BCUT2D eigenvalue weighted by molar-refractivity contribution is 0.526. The molecule has 1 aliphatic heterocycles. The summed E-state index contributed by atoms with van der Waals surface area (Å²) in [5.74, 6) is 2.51. The second-order valence-electron chi connectivity index (χ2n) is 4.02. The molecule has 5 heteroatoms. The first-order valence-corrected chi connectivity index (χ1v) is 5.48. The van der Waals surface area contributed by atoms with E-state index >= 15 is 0 Å². The van der Waals surface area contributed by atoms with Gasteiger partial charge < -0.3 is 10.3 Å². The van der Waals surface area contributed by atoms with Crippen LogP contribution in [0.2, 0.25) is 0 Å². The van der Waals surface area contributed by atoms with Crippen LogP contribution in [0.15, 0.2) is 18.3 Å². The molecule has 3 rings (SSSR count). The predicted molar refractivity (Wildman–Crippen MR) is 60.6 cm³/mol. The van der Waals surface area contributed by atoms with Gasteiger partial charge in [0.05, 0.1) is 0 Å². The maximum absolute atomic E-state index is 5.67. The molecule has 0 spiro atoms. The molecular formula is C11H13N5. The fourth-order valence-corrected chi connectivity index (χ4v) is 2.11. The lowest BCUT2D eigenvalue weighted by Crippen LogP contribution is -2.11. The number of anilines is 1. The Balaban J connectivity index is 2.09. The standard InChI is InChI=1S/C11H13N5/c12-9-7-8(4-5-13-9)11-15-14-10-3-1-2-6-16(10)11/h4-5,7H,1-3,6H2,(H2,12,13). The summed E-state index contributed by atoms with van der Waals surface area (Å²) < 4.78 is 2.18. The Morgan fingerprint density at radius 1 is 1.25 bits per heavy atom. The number of pyridine rings is 1. The molecule has 2 N–H and O–H groups in total. The number of hydrogen-bond acceptors (Lipinski definition) is 4. The summed E-state index contributed by atoms with van der Waals surface area (Å²) in [7, 11) is 0. The van der Waals surface area contributed by atoms with Crippen molar-refractivity contribution in [2.24, 2.45) is 0 Å². The summed E-state index contributed by atoms with van der Waals surface area (Å²) in [6, 6.07) is 3.76. The fraction of sp³-hybridized carbons (Fsp3) is 0.364. The van der Waals surface area contributed by atoms with Gasteiger partial charge in [0.2, 0.25) is 0 Å². The molecule has 0 radical (unpaired) electrons. The molecule has 1 aliphatic rings. The maximum atomic E-state index is 5.67. The minimum absolute atomic E-state index is 0.519. The van der Waals surface area contributed by atoms with Crippen molar-refractivity contribution in [1.82, 2.24) is 19.7 Å². The molecule has 82 valence electrons. The number of rotatable bonds is 1. The Morgan fingerprint density at radius 2 is 2.19 bits per heavy atom. The molecule has 2 aromatic rings. The Bertz CT molecular complexity index is 517. The van der Waals surface area contributed by atoms with Crippen LogP contribution >= 0.6 is 0 Å². The van der Waals surface area contributed by atoms with Gasteiger partial charge in [-0.3, -0.25) is 0 Å². The van der Waals surface area contributed by atoms with Crippen LogP contribution in [0.1, 0.15) is 18.7 Å². The number of nitrogens with zero attached hydrogens (tertiary/aromatic N) is 4. The van der Waals surface area contributed by atoms with E-state index in [2.05, 4.69) is 19.7 Å². The van der Waals surface area contributed by atoms with Crippen molar-refractivity contribution >= 4 is 5.82 Å². The quantitative estimate of drug-likeness (QED) is 0.777. The van der Waals surface area contributed by atoms with E-state index in [-0.39, 0.29) is 0 Å². The minimum atomic E-state index is 0.519. The normalized spacial score (nSPS) is 14.8. The molecule has 5 nitrogen and oxygen atoms in total. The Kier molecular flexibility index (Phi) is 2.09. The van der Waals surface area contributed by atoms with Crippen molar-refractivity contribution in [2.45, 2.75) is 25.8 Å². The van der Waals surface area contributed by atoms with Gasteiger partial charge >= 0.3 is 0 Å². The maximum Gasteiger partial charge on any atom is 0.164 e. The first-order chi connectivity index (χ1) is 7.84. The molecule has 16 heavy (non-hydrogen) atoms. The fourth-order valence-electron chi connectivity index (χ4n) is 2.11. The van der Waals surface area contributed by atoms with Crippen LogP contribution in [0.25, 0.3) is 11.4 Å². The molecule has 0 saturated heterocycles. The van der Waals surface area contributed by atoms with Gasteiger partial charge in [0.1, 0.15) is 11.6 Å². The van der Waals surface area contributed by atoms with E-state index in [1.807, 2.05) is 12.1 Å². The van der Waals surface area contributed by atoms with Crippen LogP contribution < -0.4 is 5.73 Å². The summed E-state index contributed by atoms with van der Waals surface area (Å²) in [5, 5.41) is 8.45. The zero-order valence-corrected chi connectivity index (χ0v) is 8.93. The summed E-state index contributed by atoms with van der Waals surface area (Å²) in [4.78, 5) is 3.98. The van der Waals surface area contributed by atoms with Gasteiger partial charge in [-0.05, 0) is 25.0 Å². The molecule has 0 amide bonds. The Labute approximate surface area is 93.3 Å². The van der Waals surface area contributed by atoms with E-state index in [0.717, 1.165) is 30.2 Å². The number of fused-ring (bicyclic) bond motifs is 1. The van der Waals surface area contributed by atoms with Gasteiger partial charge in [-0.15, -0.1) is 10.2 Å². The molecular weight excluding hydrogens is 202 g/mol. The highest BCUT2D eigenvalue weighted by Gasteiger charge is 2.16. The van der Waals surface area contributed by atoms with E-state index in [1.54, 1.807) is 6.20 Å². The lowest BCUT2D eigenvalue weighted by Gasteiger charge is -2.14. The van der Waals surface area contributed by atoms with Gasteiger partial charge in [-0.1, -0.05) is 0 Å². The van der Waals surface area contributed by atoms with Crippen molar-refractivity contribution in [3.05, 3.63) is 24.2 Å². The van der Waals surface area contributed by atoms with Crippen LogP contribution in [0, 0.1) is 0 Å². The highest BCUT2D eigenvalue weighted by Crippen LogP contribution is 2.23. The van der Waals surface area contributed by atoms with Crippen molar-refractivity contribution in [2.75, 3.05) is 5.73 Å². The molecule has 0 fully saturated rings. The molecule has 0 bridgehead atoms. The van der Waals surface area contributed by atoms with Crippen LogP contribution in [-0.2, 0) is 13.0 Å². The summed E-state index contributed by atoms with van der Waals surface area (Å²) >= 11 is 0. The zero-order valence-electron chi connectivity index (χ0n) is 8.93. The highest BCUT2D eigenvalue weighted by molar-refractivity contribution is 5.58. The van der Waals surface area contributed by atoms with E-state index < -0.39 is 0 Å². The second kappa shape index (κ2) is 3.59. The number of aryl methyl sites for hydroxylation is 1. The lowest BCUT2D eigenvalue weighted by atomic mass is 10.1. The molecule has 0 saturated carbocycles. The number of aromatic nitrogens is 4. The highest BCUT2D eigenvalue weighted by atomic mass is 15.3. The van der Waals surface area contributed by atoms with Crippen molar-refractivity contribution in [3.63, 3.8) is 0 Å². The van der Waals surface area contributed by atoms with E-state index in [0.29, 0.717) is 5.82 Å². The first kappa shape index (κ1) is 9.33. The second-order valence-corrected chi connectivity index (χ2v) is 4.02. The van der Waals surface area contributed by atoms with E-state index in [1.165, 1.54) is 12.8 Å². The monoisotopic (exact) mass is 215 g/mol. The SMILES string of the molecule is Nc1cc(-c2nnc3n2CCCC3)ccn1. The average molecular weight is 215 g/mol. The van der Waals surface area contributed by atoms with Gasteiger partial charge in [-0.25, -0.2) is 4.98 Å². The van der Waals surface area contributed by atoms with Crippen molar-refractivity contribution < 1.29 is 0 Å². The average Bonchev–Trinajstić information content (AvgIpc) is 2.72. The van der Waals surface area contributed by atoms with Crippen LogP contribution in [0.4, 0.5) is 5.82 Å². The molecule has 0 atom stereocenters. The van der Waals surface area contributed by atoms with Gasteiger partial charge in [0.25, 0.3) is 0 Å². The molecule has 0 aliphatic carbocycles. The van der Waals surface area contributed by atoms with Crippen molar-refractivity contribution in [1.29, 1.82) is 0 Å². The zero-order chi connectivity index (χ0) is 11.0. The first-order valence-electron chi connectivity index (χ1n) is 5.48. The summed E-state index contributed by atoms with van der Waals surface area (Å²) in [6.45, 7) is 1.000. The third-order valence-electron chi connectivity index (χ3n) is 2.90. The topological polar surface area (TPSA) is 69.6 Å². The van der Waals surface area contributed by atoms with Gasteiger partial charge in [-0.2, -0.15) is 0 Å². The van der Waals surface area contributed by atoms with E-state index in [4.69, 9.17) is 5.73 Å². The van der Waals surface area contributed by atoms with Crippen LogP contribution in [0.5, 0.6) is 0 Å². The van der Waals surface area contributed by atoms with Gasteiger partial charge in [0, 0.05) is 24.7 Å². The smallest absolute Gasteiger partial charge is 0.164 e. The summed E-state index contributed by atoms with van der Waals surface area (Å²) in [5.41, 5.74) is 6.67. The number of nitrogens with two attached hydrogens (primary N) is 1. The van der Waals surface area contributed by atoms with Gasteiger partial charge in [0.15, 0.2) is 5.82 Å².